The molecule has 2 amide bonds. The number of nitrogens with one attached hydrogen (secondary N) is 2. The van der Waals surface area contributed by atoms with Crippen molar-refractivity contribution >= 4 is 23.2 Å². The second kappa shape index (κ2) is 4.73. The molecule has 2 fully saturated rings. The number of H-pyrrole nitrogens is 1. The number of hydrogen-bond acceptors (Lipinski definition) is 4. The van der Waals surface area contributed by atoms with Gasteiger partial charge in [0.15, 0.2) is 0 Å². The molecule has 1 aliphatic heterocycles. The number of aromatic amines is 1. The van der Waals surface area contributed by atoms with Crippen LogP contribution in [0.4, 0.5) is 0 Å². The topological polar surface area (TPSA) is 82.3 Å². The van der Waals surface area contributed by atoms with Crippen LogP contribution in [0.1, 0.15) is 31.9 Å². The fourth-order valence-corrected chi connectivity index (χ4v) is 3.33. The summed E-state index contributed by atoms with van der Waals surface area (Å²) in [5.74, 6) is 0.119. The van der Waals surface area contributed by atoms with Crippen molar-refractivity contribution < 1.29 is 9.59 Å². The quantitative estimate of drug-likeness (QED) is 0.849. The number of hydrogen-bond donors (Lipinski definition) is 2. The monoisotopic (exact) mass is 295 g/mol. The summed E-state index contributed by atoms with van der Waals surface area (Å²) in [4.78, 5) is 40.0. The molecule has 108 valence electrons. The Morgan fingerprint density at radius 1 is 1.40 bits per heavy atom. The van der Waals surface area contributed by atoms with Crippen molar-refractivity contribution in [3.8, 4) is 0 Å². The van der Waals surface area contributed by atoms with Gasteiger partial charge in [0.1, 0.15) is 5.54 Å². The maximum absolute atomic E-state index is 12.7. The molecule has 0 aromatic carbocycles. The SMILES string of the molecule is CC1(C2CC2)NC(=O)CCN(Cc2csc(=O)[nH]2)C1=O. The minimum atomic E-state index is -0.788. The van der Waals surface area contributed by atoms with E-state index in [9.17, 15) is 14.4 Å². The van der Waals surface area contributed by atoms with Crippen LogP contribution < -0.4 is 10.2 Å². The first-order valence-corrected chi connectivity index (χ1v) is 7.64. The molecule has 0 radical (unpaired) electrons. The summed E-state index contributed by atoms with van der Waals surface area (Å²) in [6.45, 7) is 2.57. The molecule has 2 N–H and O–H groups in total. The summed E-state index contributed by atoms with van der Waals surface area (Å²) in [5, 5.41) is 4.61. The molecule has 1 saturated heterocycles. The van der Waals surface area contributed by atoms with Gasteiger partial charge in [-0.25, -0.2) is 0 Å². The average molecular weight is 295 g/mol. The summed E-state index contributed by atoms with van der Waals surface area (Å²) in [6, 6.07) is 0. The van der Waals surface area contributed by atoms with Crippen molar-refractivity contribution in [3.05, 3.63) is 20.7 Å². The van der Waals surface area contributed by atoms with E-state index in [0.717, 1.165) is 29.9 Å². The Kier molecular flexibility index (Phi) is 3.16. The molecule has 1 atom stereocenters. The molecule has 0 bridgehead atoms. The lowest BCUT2D eigenvalue weighted by atomic mass is 9.94. The molecule has 1 saturated carbocycles. The predicted molar refractivity (Wildman–Crippen MR) is 74.2 cm³/mol. The highest BCUT2D eigenvalue weighted by Gasteiger charge is 2.51. The fraction of sp³-hybridized carbons (Fsp3) is 0.615. The number of aromatic nitrogens is 1. The first kappa shape index (κ1) is 13.4. The van der Waals surface area contributed by atoms with Gasteiger partial charge in [0, 0.05) is 24.0 Å². The van der Waals surface area contributed by atoms with Gasteiger partial charge in [-0.15, -0.1) is 0 Å². The van der Waals surface area contributed by atoms with Crippen LogP contribution in [0.25, 0.3) is 0 Å². The lowest BCUT2D eigenvalue weighted by molar-refractivity contribution is -0.139. The Morgan fingerprint density at radius 2 is 2.15 bits per heavy atom. The fourth-order valence-electron chi connectivity index (χ4n) is 2.76. The Morgan fingerprint density at radius 3 is 2.75 bits per heavy atom. The second-order valence-electron chi connectivity index (χ2n) is 5.67. The lowest BCUT2D eigenvalue weighted by Gasteiger charge is -2.32. The Bertz CT molecular complexity index is 604. The molecule has 2 heterocycles. The smallest absolute Gasteiger partial charge is 0.304 e. The van der Waals surface area contributed by atoms with Crippen LogP contribution in [0, 0.1) is 5.92 Å². The van der Waals surface area contributed by atoms with Crippen molar-refractivity contribution in [3.63, 3.8) is 0 Å². The maximum atomic E-state index is 12.7. The van der Waals surface area contributed by atoms with Crippen molar-refractivity contribution in [2.24, 2.45) is 5.92 Å². The molecule has 20 heavy (non-hydrogen) atoms. The van der Waals surface area contributed by atoms with Gasteiger partial charge in [-0.2, -0.15) is 0 Å². The number of rotatable bonds is 3. The number of thiazole rings is 1. The zero-order chi connectivity index (χ0) is 14.3. The average Bonchev–Trinajstić information content (AvgIpc) is 3.18. The van der Waals surface area contributed by atoms with E-state index in [1.807, 2.05) is 6.92 Å². The Balaban J connectivity index is 1.84. The molecule has 6 nitrogen and oxygen atoms in total. The number of carbonyl (C=O) groups is 2. The van der Waals surface area contributed by atoms with E-state index in [1.165, 1.54) is 0 Å². The summed E-state index contributed by atoms with van der Waals surface area (Å²) >= 11 is 1.09. The van der Waals surface area contributed by atoms with Gasteiger partial charge in [-0.05, 0) is 25.7 Å². The Labute approximate surface area is 120 Å². The van der Waals surface area contributed by atoms with Gasteiger partial charge < -0.3 is 15.2 Å². The van der Waals surface area contributed by atoms with Gasteiger partial charge in [-0.1, -0.05) is 11.3 Å². The number of amides is 2. The third-order valence-electron chi connectivity index (χ3n) is 4.07. The minimum Gasteiger partial charge on any atom is -0.342 e. The van der Waals surface area contributed by atoms with E-state index in [0.29, 0.717) is 19.5 Å². The molecule has 7 heteroatoms. The van der Waals surface area contributed by atoms with Gasteiger partial charge in [0.05, 0.1) is 6.54 Å². The number of nitrogens with zero attached hydrogens (tertiary/aromatic N) is 1. The molecular formula is C13H17N3O3S. The molecule has 2 aliphatic rings. The third kappa shape index (κ3) is 2.37. The predicted octanol–water partition coefficient (Wildman–Crippen LogP) is 0.454. The van der Waals surface area contributed by atoms with Crippen molar-refractivity contribution in [2.45, 2.75) is 38.3 Å². The van der Waals surface area contributed by atoms with Gasteiger partial charge in [0.25, 0.3) is 0 Å². The van der Waals surface area contributed by atoms with Crippen LogP contribution in [0.15, 0.2) is 10.2 Å². The van der Waals surface area contributed by atoms with E-state index < -0.39 is 5.54 Å². The third-order valence-corrected chi connectivity index (χ3v) is 4.78. The van der Waals surface area contributed by atoms with E-state index in [4.69, 9.17) is 0 Å². The molecule has 1 aromatic rings. The van der Waals surface area contributed by atoms with Crippen LogP contribution >= 0.6 is 11.3 Å². The second-order valence-corrected chi connectivity index (χ2v) is 6.52. The lowest BCUT2D eigenvalue weighted by Crippen LogP contribution is -2.56. The molecule has 1 aliphatic carbocycles. The van der Waals surface area contributed by atoms with Crippen LogP contribution in [-0.4, -0.2) is 33.8 Å². The van der Waals surface area contributed by atoms with E-state index in [-0.39, 0.29) is 22.6 Å². The summed E-state index contributed by atoms with van der Waals surface area (Å²) < 4.78 is 0. The minimum absolute atomic E-state index is 0.0436. The Hall–Kier alpha value is -1.63. The summed E-state index contributed by atoms with van der Waals surface area (Å²) in [7, 11) is 0. The van der Waals surface area contributed by atoms with Crippen molar-refractivity contribution in [1.82, 2.24) is 15.2 Å². The highest BCUT2D eigenvalue weighted by atomic mass is 32.1. The van der Waals surface area contributed by atoms with E-state index >= 15 is 0 Å². The molecule has 1 unspecified atom stereocenters. The highest BCUT2D eigenvalue weighted by Crippen LogP contribution is 2.41. The van der Waals surface area contributed by atoms with Crippen LogP contribution in [0.5, 0.6) is 0 Å². The first-order valence-electron chi connectivity index (χ1n) is 6.76. The summed E-state index contributed by atoms with van der Waals surface area (Å²) in [6.07, 6.45) is 2.26. The van der Waals surface area contributed by atoms with Crippen molar-refractivity contribution in [2.75, 3.05) is 6.54 Å². The molecular weight excluding hydrogens is 278 g/mol. The van der Waals surface area contributed by atoms with Gasteiger partial charge >= 0.3 is 4.87 Å². The summed E-state index contributed by atoms with van der Waals surface area (Å²) in [5.41, 5.74) is -0.0648. The molecule has 1 aromatic heterocycles. The van der Waals surface area contributed by atoms with Gasteiger partial charge in [0.2, 0.25) is 11.8 Å². The van der Waals surface area contributed by atoms with E-state index in [1.54, 1.807) is 10.3 Å². The van der Waals surface area contributed by atoms with Crippen LogP contribution in [-0.2, 0) is 16.1 Å². The maximum Gasteiger partial charge on any atom is 0.304 e. The zero-order valence-electron chi connectivity index (χ0n) is 11.3. The standard InChI is InChI=1S/C13H17N3O3S/c1-13(8-2-3-8)11(18)16(5-4-10(17)15-13)6-9-7-20-12(19)14-9/h7-8H,2-6H2,1H3,(H,14,19)(H,15,17). The highest BCUT2D eigenvalue weighted by molar-refractivity contribution is 7.07. The normalized spacial score (nSPS) is 27.4. The molecule has 3 rings (SSSR count). The van der Waals surface area contributed by atoms with Gasteiger partial charge in [-0.3, -0.25) is 14.4 Å². The van der Waals surface area contributed by atoms with Crippen molar-refractivity contribution in [1.29, 1.82) is 0 Å². The van der Waals surface area contributed by atoms with Crippen LogP contribution in [0.2, 0.25) is 0 Å². The van der Waals surface area contributed by atoms with E-state index in [2.05, 4.69) is 10.3 Å². The largest absolute Gasteiger partial charge is 0.342 e. The number of carbonyl (C=O) groups excluding carboxylic acids is 2. The first-order chi connectivity index (χ1) is 9.49. The van der Waals surface area contributed by atoms with Crippen LogP contribution in [0.3, 0.4) is 0 Å². The molecule has 0 spiro atoms. The zero-order valence-corrected chi connectivity index (χ0v) is 12.1.